The van der Waals surface area contributed by atoms with Crippen molar-refractivity contribution in [3.8, 4) is 6.07 Å². The molecule has 3 heteroatoms. The molecule has 0 aromatic heterocycles. The number of ether oxygens (including phenoxy) is 1. The highest BCUT2D eigenvalue weighted by Crippen LogP contribution is 2.57. The van der Waals surface area contributed by atoms with E-state index in [9.17, 15) is 5.11 Å². The quantitative estimate of drug-likeness (QED) is 0.691. The summed E-state index contributed by atoms with van der Waals surface area (Å²) < 4.78 is 5.94. The van der Waals surface area contributed by atoms with Crippen molar-refractivity contribution in [2.75, 3.05) is 0 Å². The Kier molecular flexibility index (Phi) is 1.78. The van der Waals surface area contributed by atoms with Crippen LogP contribution in [0.4, 0.5) is 0 Å². The highest BCUT2D eigenvalue weighted by molar-refractivity contribution is 5.18. The molecular formula is C11H17NO2. The molecule has 78 valence electrons. The van der Waals surface area contributed by atoms with Gasteiger partial charge in [0.1, 0.15) is 0 Å². The Hall–Kier alpha value is -0.590. The maximum absolute atomic E-state index is 9.87. The third kappa shape index (κ3) is 0.986. The molecule has 0 saturated carbocycles. The van der Waals surface area contributed by atoms with Crippen LogP contribution in [0.5, 0.6) is 0 Å². The summed E-state index contributed by atoms with van der Waals surface area (Å²) in [4.78, 5) is 0. The largest absolute Gasteiger partial charge is 0.390 e. The molecule has 3 nitrogen and oxygen atoms in total. The summed E-state index contributed by atoms with van der Waals surface area (Å²) in [5.74, 6) is 0. The molecule has 2 heterocycles. The summed E-state index contributed by atoms with van der Waals surface area (Å²) in [7, 11) is 0. The lowest BCUT2D eigenvalue weighted by molar-refractivity contribution is -0.0960. The summed E-state index contributed by atoms with van der Waals surface area (Å²) in [5.41, 5.74) is -1.34. The molecule has 14 heavy (non-hydrogen) atoms. The van der Waals surface area contributed by atoms with Gasteiger partial charge in [0.2, 0.25) is 0 Å². The lowest BCUT2D eigenvalue weighted by atomic mass is 9.68. The van der Waals surface area contributed by atoms with E-state index in [0.717, 1.165) is 12.8 Å². The number of fused-ring (bicyclic) bond motifs is 2. The first-order valence-electron chi connectivity index (χ1n) is 5.15. The summed E-state index contributed by atoms with van der Waals surface area (Å²) in [6, 6.07) is 2.30. The van der Waals surface area contributed by atoms with Crippen molar-refractivity contribution >= 4 is 0 Å². The Morgan fingerprint density at radius 2 is 2.14 bits per heavy atom. The second kappa shape index (κ2) is 2.50. The molecule has 2 aliphatic rings. The van der Waals surface area contributed by atoms with E-state index in [4.69, 9.17) is 10.00 Å². The Bertz CT molecular complexity index is 307. The Morgan fingerprint density at radius 1 is 1.50 bits per heavy atom. The first-order chi connectivity index (χ1) is 6.35. The number of nitrogens with zero attached hydrogens (tertiary/aromatic N) is 1. The van der Waals surface area contributed by atoms with Gasteiger partial charge in [0.05, 0.1) is 28.8 Å². The van der Waals surface area contributed by atoms with E-state index < -0.39 is 22.7 Å². The van der Waals surface area contributed by atoms with Gasteiger partial charge in [-0.25, -0.2) is 0 Å². The van der Waals surface area contributed by atoms with Crippen molar-refractivity contribution in [3.05, 3.63) is 0 Å². The molecular weight excluding hydrogens is 178 g/mol. The minimum atomic E-state index is -0.512. The van der Waals surface area contributed by atoms with Crippen molar-refractivity contribution in [3.63, 3.8) is 0 Å². The summed E-state index contributed by atoms with van der Waals surface area (Å²) in [6.45, 7) is 5.74. The molecule has 0 aromatic carbocycles. The van der Waals surface area contributed by atoms with Gasteiger partial charge in [0.25, 0.3) is 0 Å². The Morgan fingerprint density at radius 3 is 2.50 bits per heavy atom. The molecule has 0 unspecified atom stereocenters. The predicted molar refractivity (Wildman–Crippen MR) is 51.5 cm³/mol. The molecule has 0 radical (unpaired) electrons. The lowest BCUT2D eigenvalue weighted by Crippen LogP contribution is -2.42. The maximum Gasteiger partial charge on any atom is 0.0922 e. The van der Waals surface area contributed by atoms with Gasteiger partial charge in [-0.3, -0.25) is 0 Å². The smallest absolute Gasteiger partial charge is 0.0922 e. The summed E-state index contributed by atoms with van der Waals surface area (Å²) in [5, 5.41) is 19.0. The van der Waals surface area contributed by atoms with E-state index in [1.165, 1.54) is 0 Å². The summed E-state index contributed by atoms with van der Waals surface area (Å²) in [6.07, 6.45) is 1.94. The van der Waals surface area contributed by atoms with E-state index in [2.05, 4.69) is 6.07 Å². The normalized spacial score (nSPS) is 46.6. The standard InChI is InChI=1S/C11H17NO2/c1-9(2,7-12)11-5-4-10(3,14-11)8(13)6-11/h8,13H,4-6H2,1-3H3/t8-,10+,11-/m0/s1. The molecule has 0 amide bonds. The first-order valence-corrected chi connectivity index (χ1v) is 5.15. The van der Waals surface area contributed by atoms with Crippen LogP contribution in [-0.4, -0.2) is 22.4 Å². The van der Waals surface area contributed by atoms with Crippen LogP contribution in [0.15, 0.2) is 0 Å². The number of hydrogen-bond donors (Lipinski definition) is 1. The Balaban J connectivity index is 2.35. The molecule has 0 aliphatic carbocycles. The minimum Gasteiger partial charge on any atom is -0.390 e. The van der Waals surface area contributed by atoms with Gasteiger partial charge >= 0.3 is 0 Å². The van der Waals surface area contributed by atoms with Gasteiger partial charge in [-0.2, -0.15) is 5.26 Å². The van der Waals surface area contributed by atoms with Crippen molar-refractivity contribution in [1.29, 1.82) is 5.26 Å². The van der Waals surface area contributed by atoms with Crippen LogP contribution in [0.25, 0.3) is 0 Å². The van der Waals surface area contributed by atoms with Crippen LogP contribution in [0.2, 0.25) is 0 Å². The van der Waals surface area contributed by atoms with E-state index in [0.29, 0.717) is 6.42 Å². The predicted octanol–water partition coefficient (Wildman–Crippen LogP) is 1.61. The van der Waals surface area contributed by atoms with Crippen LogP contribution in [0, 0.1) is 16.7 Å². The Labute approximate surface area is 84.7 Å². The highest BCUT2D eigenvalue weighted by atomic mass is 16.6. The van der Waals surface area contributed by atoms with Gasteiger partial charge < -0.3 is 9.84 Å². The average Bonchev–Trinajstić information content (AvgIpc) is 2.57. The SMILES string of the molecule is CC(C)(C#N)[C@@]12CC[C@@](C)(O1)[C@@H](O)C2. The monoisotopic (exact) mass is 195 g/mol. The molecule has 1 N–H and O–H groups in total. The number of aliphatic hydroxyl groups is 1. The molecule has 0 spiro atoms. The molecule has 2 aliphatic heterocycles. The lowest BCUT2D eigenvalue weighted by Gasteiger charge is -2.36. The van der Waals surface area contributed by atoms with Gasteiger partial charge in [-0.1, -0.05) is 0 Å². The second-order valence-corrected chi connectivity index (χ2v) is 5.37. The molecule has 2 bridgehead atoms. The van der Waals surface area contributed by atoms with Crippen molar-refractivity contribution in [1.82, 2.24) is 0 Å². The zero-order valence-corrected chi connectivity index (χ0v) is 9.00. The average molecular weight is 195 g/mol. The first kappa shape index (κ1) is 9.95. The van der Waals surface area contributed by atoms with Gasteiger partial charge in [-0.05, 0) is 33.6 Å². The molecule has 2 fully saturated rings. The number of rotatable bonds is 1. The fraction of sp³-hybridized carbons (Fsp3) is 0.909. The number of hydrogen-bond acceptors (Lipinski definition) is 3. The van der Waals surface area contributed by atoms with Crippen LogP contribution >= 0.6 is 0 Å². The van der Waals surface area contributed by atoms with Crippen molar-refractivity contribution in [2.24, 2.45) is 5.41 Å². The maximum atomic E-state index is 9.87. The van der Waals surface area contributed by atoms with Crippen molar-refractivity contribution in [2.45, 2.75) is 57.3 Å². The van der Waals surface area contributed by atoms with Crippen LogP contribution < -0.4 is 0 Å². The fourth-order valence-electron chi connectivity index (χ4n) is 2.70. The molecule has 2 saturated heterocycles. The van der Waals surface area contributed by atoms with Gasteiger partial charge in [0.15, 0.2) is 0 Å². The number of nitriles is 1. The van der Waals surface area contributed by atoms with Gasteiger partial charge in [0, 0.05) is 6.42 Å². The third-order valence-electron chi connectivity index (χ3n) is 4.10. The van der Waals surface area contributed by atoms with E-state index >= 15 is 0 Å². The molecule has 2 rings (SSSR count). The molecule has 0 aromatic rings. The van der Waals surface area contributed by atoms with Crippen molar-refractivity contribution < 1.29 is 9.84 Å². The number of aliphatic hydroxyl groups excluding tert-OH is 1. The topological polar surface area (TPSA) is 53.2 Å². The molecule has 3 atom stereocenters. The minimum absolute atomic E-state index is 0.409. The highest BCUT2D eigenvalue weighted by Gasteiger charge is 2.64. The zero-order chi connectivity index (χ0) is 10.6. The third-order valence-corrected chi connectivity index (χ3v) is 4.10. The zero-order valence-electron chi connectivity index (χ0n) is 9.00. The van der Waals surface area contributed by atoms with Crippen LogP contribution in [0.3, 0.4) is 0 Å². The van der Waals surface area contributed by atoms with Crippen LogP contribution in [0.1, 0.15) is 40.0 Å². The van der Waals surface area contributed by atoms with E-state index in [-0.39, 0.29) is 0 Å². The summed E-state index contributed by atoms with van der Waals surface area (Å²) >= 11 is 0. The van der Waals surface area contributed by atoms with Crippen LogP contribution in [-0.2, 0) is 4.74 Å². The van der Waals surface area contributed by atoms with Gasteiger partial charge in [-0.15, -0.1) is 0 Å². The van der Waals surface area contributed by atoms with E-state index in [1.54, 1.807) is 0 Å². The second-order valence-electron chi connectivity index (χ2n) is 5.37. The van der Waals surface area contributed by atoms with E-state index in [1.807, 2.05) is 20.8 Å². The fourth-order valence-corrected chi connectivity index (χ4v) is 2.70.